The van der Waals surface area contributed by atoms with E-state index in [-0.39, 0.29) is 31.4 Å². The van der Waals surface area contributed by atoms with Gasteiger partial charge in [-0.15, -0.1) is 0 Å². The Morgan fingerprint density at radius 3 is 1.90 bits per heavy atom. The predicted molar refractivity (Wildman–Crippen MR) is 68.7 cm³/mol. The van der Waals surface area contributed by atoms with Gasteiger partial charge in [-0.3, -0.25) is 19.4 Å². The van der Waals surface area contributed by atoms with E-state index in [0.717, 1.165) is 9.80 Å². The number of carbonyl (C=O) groups is 4. The van der Waals surface area contributed by atoms with Crippen molar-refractivity contribution >= 4 is 23.9 Å². The summed E-state index contributed by atoms with van der Waals surface area (Å²) in [5.41, 5.74) is -0.896. The number of likely N-dealkylation sites (N-methyl/N-ethyl adjacent to an activating group) is 2. The highest BCUT2D eigenvalue weighted by Crippen LogP contribution is 2.25. The minimum absolute atomic E-state index is 0.0246. The normalized spacial score (nSPS) is 22.6. The highest BCUT2D eigenvalue weighted by atomic mass is 16.2. The van der Waals surface area contributed by atoms with Gasteiger partial charge in [0.1, 0.15) is 12.1 Å². The van der Waals surface area contributed by atoms with Gasteiger partial charge in [-0.1, -0.05) is 0 Å². The van der Waals surface area contributed by atoms with E-state index in [9.17, 15) is 19.2 Å². The fourth-order valence-corrected chi connectivity index (χ4v) is 2.27. The maximum Gasteiger partial charge on any atom is 0.327 e. The standard InChI is InChI=1S/C12H18N4O4/c1-12(2)9(18)16(11(20)14(12)4)6-5-15-8(17)7-13(3)10(15)19/h5-7H2,1-4H3. The van der Waals surface area contributed by atoms with Crippen molar-refractivity contribution in [3.8, 4) is 0 Å². The number of rotatable bonds is 3. The number of carbonyl (C=O) groups excluding carboxylic acids is 4. The Kier molecular flexibility index (Phi) is 3.19. The lowest BCUT2D eigenvalue weighted by Gasteiger charge is -2.22. The third-order valence-corrected chi connectivity index (χ3v) is 3.90. The summed E-state index contributed by atoms with van der Waals surface area (Å²) in [6.07, 6.45) is 0. The van der Waals surface area contributed by atoms with Crippen molar-refractivity contribution in [2.45, 2.75) is 19.4 Å². The van der Waals surface area contributed by atoms with Gasteiger partial charge >= 0.3 is 12.1 Å². The molecule has 0 aromatic heterocycles. The van der Waals surface area contributed by atoms with E-state index in [1.54, 1.807) is 20.9 Å². The number of hydrogen-bond acceptors (Lipinski definition) is 4. The molecule has 110 valence electrons. The van der Waals surface area contributed by atoms with E-state index < -0.39 is 17.6 Å². The smallest absolute Gasteiger partial charge is 0.318 e. The Labute approximate surface area is 116 Å². The van der Waals surface area contributed by atoms with Gasteiger partial charge in [0, 0.05) is 27.2 Å². The molecule has 6 amide bonds. The zero-order chi connectivity index (χ0) is 15.2. The minimum Gasteiger partial charge on any atom is -0.318 e. The topological polar surface area (TPSA) is 81.2 Å². The molecule has 0 bridgehead atoms. The lowest BCUT2D eigenvalue weighted by molar-refractivity contribution is -0.132. The number of urea groups is 2. The summed E-state index contributed by atoms with van der Waals surface area (Å²) in [6, 6.07) is -0.811. The van der Waals surface area contributed by atoms with Crippen LogP contribution < -0.4 is 0 Å². The monoisotopic (exact) mass is 282 g/mol. The van der Waals surface area contributed by atoms with Crippen molar-refractivity contribution in [2.24, 2.45) is 0 Å². The lowest BCUT2D eigenvalue weighted by atomic mass is 10.1. The van der Waals surface area contributed by atoms with Crippen LogP contribution >= 0.6 is 0 Å². The van der Waals surface area contributed by atoms with Gasteiger partial charge in [-0.05, 0) is 13.8 Å². The van der Waals surface area contributed by atoms with E-state index in [2.05, 4.69) is 0 Å². The second-order valence-electron chi connectivity index (χ2n) is 5.54. The minimum atomic E-state index is -0.896. The summed E-state index contributed by atoms with van der Waals surface area (Å²) in [4.78, 5) is 52.3. The van der Waals surface area contributed by atoms with Crippen LogP contribution in [-0.4, -0.2) is 82.7 Å². The molecular formula is C12H18N4O4. The van der Waals surface area contributed by atoms with E-state index >= 15 is 0 Å². The molecule has 0 saturated carbocycles. The summed E-state index contributed by atoms with van der Waals surface area (Å²) in [7, 11) is 3.09. The third-order valence-electron chi connectivity index (χ3n) is 3.90. The van der Waals surface area contributed by atoms with Crippen molar-refractivity contribution in [1.29, 1.82) is 0 Å². The van der Waals surface area contributed by atoms with Crippen LogP contribution in [0.25, 0.3) is 0 Å². The van der Waals surface area contributed by atoms with Gasteiger partial charge in [-0.2, -0.15) is 0 Å². The molecule has 8 nitrogen and oxygen atoms in total. The zero-order valence-electron chi connectivity index (χ0n) is 12.0. The molecule has 0 aromatic carbocycles. The molecule has 2 rings (SSSR count). The van der Waals surface area contributed by atoms with E-state index in [1.807, 2.05) is 0 Å². The van der Waals surface area contributed by atoms with Crippen molar-refractivity contribution in [3.63, 3.8) is 0 Å². The van der Waals surface area contributed by atoms with Gasteiger partial charge in [0.05, 0.1) is 0 Å². The van der Waals surface area contributed by atoms with Crippen LogP contribution in [0.4, 0.5) is 9.59 Å². The van der Waals surface area contributed by atoms with Crippen LogP contribution in [0.3, 0.4) is 0 Å². The van der Waals surface area contributed by atoms with E-state index in [1.165, 1.54) is 16.8 Å². The van der Waals surface area contributed by atoms with Crippen LogP contribution in [-0.2, 0) is 9.59 Å². The Hall–Kier alpha value is -2.12. The molecule has 0 aromatic rings. The highest BCUT2D eigenvalue weighted by Gasteiger charge is 2.49. The maximum atomic E-state index is 12.1. The van der Waals surface area contributed by atoms with Gasteiger partial charge < -0.3 is 9.80 Å². The molecule has 2 fully saturated rings. The van der Waals surface area contributed by atoms with Crippen molar-refractivity contribution in [3.05, 3.63) is 0 Å². The van der Waals surface area contributed by atoms with E-state index in [4.69, 9.17) is 0 Å². The van der Waals surface area contributed by atoms with Gasteiger partial charge in [-0.25, -0.2) is 9.59 Å². The molecular weight excluding hydrogens is 264 g/mol. The molecule has 0 unspecified atom stereocenters. The predicted octanol–water partition coefficient (Wildman–Crippen LogP) is -0.447. The van der Waals surface area contributed by atoms with E-state index in [0.29, 0.717) is 0 Å². The summed E-state index contributed by atoms with van der Waals surface area (Å²) < 4.78 is 0. The Morgan fingerprint density at radius 2 is 1.50 bits per heavy atom. The highest BCUT2D eigenvalue weighted by molar-refractivity contribution is 6.06. The summed E-state index contributed by atoms with van der Waals surface area (Å²) in [5.74, 6) is -0.637. The molecule has 0 atom stereocenters. The molecule has 2 aliphatic heterocycles. The lowest BCUT2D eigenvalue weighted by Crippen LogP contribution is -2.43. The SMILES string of the molecule is CN1CC(=O)N(CCN2C(=O)N(C)C(C)(C)C2=O)C1=O. The van der Waals surface area contributed by atoms with Crippen LogP contribution in [0.1, 0.15) is 13.8 Å². The largest absolute Gasteiger partial charge is 0.327 e. The Balaban J connectivity index is 2.05. The molecule has 2 heterocycles. The summed E-state index contributed by atoms with van der Waals surface area (Å²) in [5, 5.41) is 0. The first-order valence-electron chi connectivity index (χ1n) is 6.33. The number of amides is 6. The number of nitrogens with zero attached hydrogens (tertiary/aromatic N) is 4. The van der Waals surface area contributed by atoms with Gasteiger partial charge in [0.2, 0.25) is 5.91 Å². The van der Waals surface area contributed by atoms with Crippen LogP contribution in [0, 0.1) is 0 Å². The fraction of sp³-hybridized carbons (Fsp3) is 0.667. The first kappa shape index (κ1) is 14.3. The van der Waals surface area contributed by atoms with Gasteiger partial charge in [0.25, 0.3) is 5.91 Å². The Bertz CT molecular complexity index is 502. The van der Waals surface area contributed by atoms with Crippen molar-refractivity contribution in [1.82, 2.24) is 19.6 Å². The van der Waals surface area contributed by atoms with Crippen LogP contribution in [0.5, 0.6) is 0 Å². The number of imide groups is 2. The molecule has 2 aliphatic rings. The van der Waals surface area contributed by atoms with Crippen molar-refractivity contribution in [2.75, 3.05) is 33.7 Å². The average molecular weight is 282 g/mol. The molecule has 0 N–H and O–H groups in total. The molecule has 0 spiro atoms. The number of hydrogen-bond donors (Lipinski definition) is 0. The molecule has 0 aliphatic carbocycles. The molecule has 20 heavy (non-hydrogen) atoms. The van der Waals surface area contributed by atoms with Gasteiger partial charge in [0.15, 0.2) is 0 Å². The quantitative estimate of drug-likeness (QED) is 0.657. The zero-order valence-corrected chi connectivity index (χ0v) is 12.0. The first-order valence-corrected chi connectivity index (χ1v) is 6.33. The van der Waals surface area contributed by atoms with Crippen LogP contribution in [0.2, 0.25) is 0 Å². The summed E-state index contributed by atoms with van der Waals surface area (Å²) in [6.45, 7) is 3.41. The Morgan fingerprint density at radius 1 is 0.950 bits per heavy atom. The fourth-order valence-electron chi connectivity index (χ4n) is 2.27. The molecule has 2 saturated heterocycles. The van der Waals surface area contributed by atoms with Crippen molar-refractivity contribution < 1.29 is 19.2 Å². The second-order valence-corrected chi connectivity index (χ2v) is 5.54. The first-order chi connectivity index (χ1) is 9.17. The third kappa shape index (κ3) is 1.91. The van der Waals surface area contributed by atoms with Crippen LogP contribution in [0.15, 0.2) is 0 Å². The molecule has 8 heteroatoms. The second kappa shape index (κ2) is 4.46. The molecule has 0 radical (unpaired) electrons. The maximum absolute atomic E-state index is 12.1. The summed E-state index contributed by atoms with van der Waals surface area (Å²) >= 11 is 0. The average Bonchev–Trinajstić information content (AvgIpc) is 2.69.